The predicted molar refractivity (Wildman–Crippen MR) is 66.7 cm³/mol. The molecule has 0 unspecified atom stereocenters. The molecule has 1 aromatic heterocycles. The van der Waals surface area contributed by atoms with Crippen molar-refractivity contribution in [3.05, 3.63) is 18.2 Å². The Morgan fingerprint density at radius 3 is 2.50 bits per heavy atom. The summed E-state index contributed by atoms with van der Waals surface area (Å²) in [5, 5.41) is 3.43. The van der Waals surface area contributed by atoms with Crippen LogP contribution in [0.25, 0.3) is 0 Å². The van der Waals surface area contributed by atoms with E-state index in [1.807, 2.05) is 6.33 Å². The van der Waals surface area contributed by atoms with Crippen LogP contribution in [0.2, 0.25) is 0 Å². The van der Waals surface area contributed by atoms with Crippen molar-refractivity contribution >= 4 is 0 Å². The van der Waals surface area contributed by atoms with E-state index in [9.17, 15) is 0 Å². The number of aromatic nitrogens is 2. The van der Waals surface area contributed by atoms with E-state index < -0.39 is 0 Å². The predicted octanol–water partition coefficient (Wildman–Crippen LogP) is 2.28. The van der Waals surface area contributed by atoms with Crippen molar-refractivity contribution in [3.8, 4) is 0 Å². The number of hydrogen-bond acceptors (Lipinski definition) is 2. The molecule has 3 heteroatoms. The quantitative estimate of drug-likeness (QED) is 0.788. The first kappa shape index (κ1) is 11.6. The molecule has 0 aromatic carbocycles. The van der Waals surface area contributed by atoms with Crippen molar-refractivity contribution in [2.75, 3.05) is 13.1 Å². The van der Waals surface area contributed by atoms with Crippen molar-refractivity contribution in [1.29, 1.82) is 0 Å². The van der Waals surface area contributed by atoms with E-state index in [0.717, 1.165) is 13.1 Å². The molecular formula is C13H23N3. The first-order valence-corrected chi connectivity index (χ1v) is 6.17. The Morgan fingerprint density at radius 2 is 1.94 bits per heavy atom. The van der Waals surface area contributed by atoms with Gasteiger partial charge in [-0.3, -0.25) is 0 Å². The summed E-state index contributed by atoms with van der Waals surface area (Å²) in [6.45, 7) is 11.3. The van der Waals surface area contributed by atoms with Crippen LogP contribution in [0.5, 0.6) is 0 Å². The van der Waals surface area contributed by atoms with E-state index in [4.69, 9.17) is 0 Å². The largest absolute Gasteiger partial charge is 0.329 e. The molecule has 0 atom stereocenters. The van der Waals surface area contributed by atoms with Crippen LogP contribution in [-0.4, -0.2) is 22.6 Å². The number of imidazole rings is 1. The van der Waals surface area contributed by atoms with Gasteiger partial charge in [-0.1, -0.05) is 6.92 Å². The molecule has 90 valence electrons. The topological polar surface area (TPSA) is 29.9 Å². The summed E-state index contributed by atoms with van der Waals surface area (Å²) in [4.78, 5) is 4.35. The van der Waals surface area contributed by atoms with Crippen LogP contribution in [0, 0.1) is 0 Å². The molecular weight excluding hydrogens is 198 g/mol. The van der Waals surface area contributed by atoms with Crippen molar-refractivity contribution < 1.29 is 0 Å². The lowest BCUT2D eigenvalue weighted by Crippen LogP contribution is -2.40. The first-order chi connectivity index (χ1) is 7.43. The van der Waals surface area contributed by atoms with Gasteiger partial charge in [-0.25, -0.2) is 4.98 Å². The van der Waals surface area contributed by atoms with E-state index in [2.05, 4.69) is 48.8 Å². The fraction of sp³-hybridized carbons (Fsp3) is 0.769. The summed E-state index contributed by atoms with van der Waals surface area (Å²) in [6.07, 6.45) is 6.43. The zero-order valence-electron chi connectivity index (χ0n) is 10.9. The van der Waals surface area contributed by atoms with Gasteiger partial charge in [0.25, 0.3) is 0 Å². The van der Waals surface area contributed by atoms with Gasteiger partial charge in [0.05, 0.1) is 6.33 Å². The van der Waals surface area contributed by atoms with Crippen molar-refractivity contribution in [2.24, 2.45) is 0 Å². The molecule has 2 rings (SSSR count). The molecule has 1 aromatic rings. The monoisotopic (exact) mass is 221 g/mol. The second-order valence-corrected chi connectivity index (χ2v) is 6.13. The molecule has 0 spiro atoms. The number of hydrogen-bond donors (Lipinski definition) is 1. The summed E-state index contributed by atoms with van der Waals surface area (Å²) in [5.74, 6) is 0. The zero-order chi connectivity index (χ0) is 11.8. The van der Waals surface area contributed by atoms with E-state index >= 15 is 0 Å². The number of nitrogens with zero attached hydrogens (tertiary/aromatic N) is 2. The van der Waals surface area contributed by atoms with Crippen molar-refractivity contribution in [3.63, 3.8) is 0 Å². The Kier molecular flexibility index (Phi) is 2.82. The summed E-state index contributed by atoms with van der Waals surface area (Å²) in [7, 11) is 0. The normalized spacial score (nSPS) is 21.0. The summed E-state index contributed by atoms with van der Waals surface area (Å²) >= 11 is 0. The lowest BCUT2D eigenvalue weighted by Gasteiger charge is -2.37. The van der Waals surface area contributed by atoms with E-state index in [1.165, 1.54) is 18.5 Å². The fourth-order valence-electron chi connectivity index (χ4n) is 2.51. The van der Waals surface area contributed by atoms with Crippen LogP contribution in [0.15, 0.2) is 12.5 Å². The minimum absolute atomic E-state index is 0.125. The molecule has 16 heavy (non-hydrogen) atoms. The van der Waals surface area contributed by atoms with Gasteiger partial charge < -0.3 is 9.88 Å². The average molecular weight is 221 g/mol. The number of nitrogens with one attached hydrogen (secondary N) is 1. The molecule has 3 nitrogen and oxygen atoms in total. The zero-order valence-corrected chi connectivity index (χ0v) is 10.9. The Hall–Kier alpha value is -0.830. The smallest absolute Gasteiger partial charge is 0.0953 e. The molecule has 0 aliphatic carbocycles. The standard InChI is InChI=1S/C13H23N3/c1-12(2,3)16-10-15-9-11(16)13(4)5-7-14-8-6-13/h9-10,14H,5-8H2,1-4H3. The Bertz CT molecular complexity index is 353. The maximum Gasteiger partial charge on any atom is 0.0953 e. The summed E-state index contributed by atoms with van der Waals surface area (Å²) < 4.78 is 2.33. The highest BCUT2D eigenvalue weighted by Crippen LogP contribution is 2.34. The highest BCUT2D eigenvalue weighted by molar-refractivity contribution is 5.17. The first-order valence-electron chi connectivity index (χ1n) is 6.17. The Morgan fingerprint density at radius 1 is 1.31 bits per heavy atom. The maximum atomic E-state index is 4.35. The van der Waals surface area contributed by atoms with Gasteiger partial charge in [0.15, 0.2) is 0 Å². The highest BCUT2D eigenvalue weighted by Gasteiger charge is 2.33. The van der Waals surface area contributed by atoms with E-state index in [1.54, 1.807) is 0 Å². The van der Waals surface area contributed by atoms with Gasteiger partial charge in [-0.05, 0) is 46.7 Å². The molecule has 1 fully saturated rings. The third kappa shape index (κ3) is 2.01. The third-order valence-electron chi connectivity index (χ3n) is 3.69. The second kappa shape index (κ2) is 3.88. The van der Waals surface area contributed by atoms with Gasteiger partial charge in [0.1, 0.15) is 0 Å². The minimum atomic E-state index is 0.125. The van der Waals surface area contributed by atoms with Gasteiger partial charge in [0.2, 0.25) is 0 Å². The van der Waals surface area contributed by atoms with Crippen LogP contribution >= 0.6 is 0 Å². The summed E-state index contributed by atoms with van der Waals surface area (Å²) in [6, 6.07) is 0. The molecule has 2 heterocycles. The van der Waals surface area contributed by atoms with Crippen molar-refractivity contribution in [1.82, 2.24) is 14.9 Å². The molecule has 1 aliphatic heterocycles. The average Bonchev–Trinajstić information content (AvgIpc) is 2.67. The SMILES string of the molecule is CC1(c2cncn2C(C)(C)C)CCNCC1. The minimum Gasteiger partial charge on any atom is -0.329 e. The Balaban J connectivity index is 2.36. The fourth-order valence-corrected chi connectivity index (χ4v) is 2.51. The number of piperidine rings is 1. The van der Waals surface area contributed by atoms with Crippen LogP contribution in [0.1, 0.15) is 46.2 Å². The number of rotatable bonds is 1. The lowest BCUT2D eigenvalue weighted by atomic mass is 9.78. The molecule has 1 saturated heterocycles. The van der Waals surface area contributed by atoms with Crippen LogP contribution in [-0.2, 0) is 11.0 Å². The van der Waals surface area contributed by atoms with E-state index in [-0.39, 0.29) is 11.0 Å². The molecule has 0 radical (unpaired) electrons. The van der Waals surface area contributed by atoms with E-state index in [0.29, 0.717) is 0 Å². The molecule has 1 N–H and O–H groups in total. The third-order valence-corrected chi connectivity index (χ3v) is 3.69. The Labute approximate surface area is 98.3 Å². The molecule has 0 bridgehead atoms. The molecule has 0 saturated carbocycles. The maximum absolute atomic E-state index is 4.35. The highest BCUT2D eigenvalue weighted by atomic mass is 15.1. The van der Waals surface area contributed by atoms with Crippen LogP contribution in [0.4, 0.5) is 0 Å². The molecule has 0 amide bonds. The van der Waals surface area contributed by atoms with Crippen LogP contribution < -0.4 is 5.32 Å². The second-order valence-electron chi connectivity index (χ2n) is 6.13. The van der Waals surface area contributed by atoms with Gasteiger partial charge in [0, 0.05) is 22.8 Å². The van der Waals surface area contributed by atoms with Gasteiger partial charge >= 0.3 is 0 Å². The van der Waals surface area contributed by atoms with Gasteiger partial charge in [-0.15, -0.1) is 0 Å². The molecule has 1 aliphatic rings. The van der Waals surface area contributed by atoms with Crippen molar-refractivity contribution in [2.45, 2.75) is 51.5 Å². The van der Waals surface area contributed by atoms with Crippen LogP contribution in [0.3, 0.4) is 0 Å². The lowest BCUT2D eigenvalue weighted by molar-refractivity contribution is 0.287. The summed E-state index contributed by atoms with van der Waals surface area (Å²) in [5.41, 5.74) is 1.80. The van der Waals surface area contributed by atoms with Gasteiger partial charge in [-0.2, -0.15) is 0 Å².